The van der Waals surface area contributed by atoms with Crippen molar-refractivity contribution in [3.8, 4) is 5.75 Å². The molecule has 2 aromatic heterocycles. The molecule has 0 aliphatic heterocycles. The maximum atomic E-state index is 12.8. The molecule has 1 N–H and O–H groups in total. The Morgan fingerprint density at radius 2 is 1.95 bits per heavy atom. The number of sulfone groups is 1. The molecule has 0 saturated carbocycles. The monoisotopic (exact) mass is 623 g/mol. The van der Waals surface area contributed by atoms with Gasteiger partial charge in [0.1, 0.15) is 22.3 Å². The molecule has 41 heavy (non-hydrogen) atoms. The Labute approximate surface area is 246 Å². The van der Waals surface area contributed by atoms with Gasteiger partial charge in [-0.2, -0.15) is 4.99 Å². The van der Waals surface area contributed by atoms with Gasteiger partial charge in [-0.05, 0) is 55.9 Å². The number of rotatable bonds is 11. The number of methoxy groups -OCH3 is 2. The van der Waals surface area contributed by atoms with Crippen LogP contribution in [0.1, 0.15) is 41.1 Å². The molecule has 3 aromatic rings. The van der Waals surface area contributed by atoms with Gasteiger partial charge in [0.2, 0.25) is 5.91 Å². The summed E-state index contributed by atoms with van der Waals surface area (Å²) in [6.07, 6.45) is 2.35. The van der Waals surface area contributed by atoms with Crippen LogP contribution in [0, 0.1) is 5.92 Å². The van der Waals surface area contributed by atoms with E-state index in [1.807, 2.05) is 25.1 Å². The second kappa shape index (κ2) is 13.3. The van der Waals surface area contributed by atoms with Crippen molar-refractivity contribution >= 4 is 65.5 Å². The molecule has 0 saturated heterocycles. The van der Waals surface area contributed by atoms with Crippen molar-refractivity contribution in [1.29, 1.82) is 0 Å². The summed E-state index contributed by atoms with van der Waals surface area (Å²) in [6, 6.07) is 5.50. The number of thiazole rings is 1. The standard InChI is InChI=1S/C27H33N3O8S3/c1-5-38-17-7-9-19-21(13-17)40-27(30(19)10-11-36-3)29-23(32)15-41(34,35)14-22(31)28-25-24(26(33)37-4)18-8-6-16(2)12-20(18)39-25/h7,9,13,16H,5-6,8,10-12,14-15H2,1-4H3,(H,28,31). The van der Waals surface area contributed by atoms with E-state index in [1.165, 1.54) is 29.8 Å². The molecule has 2 amide bonds. The van der Waals surface area contributed by atoms with Crippen molar-refractivity contribution in [2.45, 2.75) is 39.7 Å². The first-order valence-electron chi connectivity index (χ1n) is 13.1. The lowest BCUT2D eigenvalue weighted by molar-refractivity contribution is -0.115. The molecule has 1 atom stereocenters. The Morgan fingerprint density at radius 3 is 2.66 bits per heavy atom. The fourth-order valence-corrected chi connectivity index (χ4v) is 8.22. The number of carbonyl (C=O) groups excluding carboxylic acids is 3. The van der Waals surface area contributed by atoms with Crippen molar-refractivity contribution in [2.24, 2.45) is 10.9 Å². The topological polar surface area (TPSA) is 142 Å². The van der Waals surface area contributed by atoms with Crippen LogP contribution >= 0.6 is 22.7 Å². The number of aromatic nitrogens is 1. The third-order valence-electron chi connectivity index (χ3n) is 6.55. The van der Waals surface area contributed by atoms with Crippen molar-refractivity contribution in [3.63, 3.8) is 0 Å². The molecule has 2 heterocycles. The zero-order valence-corrected chi connectivity index (χ0v) is 25.8. The predicted molar refractivity (Wildman–Crippen MR) is 158 cm³/mol. The van der Waals surface area contributed by atoms with Gasteiger partial charge >= 0.3 is 5.97 Å². The first-order chi connectivity index (χ1) is 19.5. The molecule has 222 valence electrons. The van der Waals surface area contributed by atoms with Gasteiger partial charge in [-0.25, -0.2) is 13.2 Å². The normalized spacial score (nSPS) is 15.5. The lowest BCUT2D eigenvalue weighted by Gasteiger charge is -2.18. The Morgan fingerprint density at radius 1 is 1.17 bits per heavy atom. The smallest absolute Gasteiger partial charge is 0.341 e. The molecular formula is C27H33N3O8S3. The van der Waals surface area contributed by atoms with E-state index in [2.05, 4.69) is 17.2 Å². The molecule has 1 aliphatic rings. The molecular weight excluding hydrogens is 591 g/mol. The summed E-state index contributed by atoms with van der Waals surface area (Å²) in [4.78, 5) is 43.4. The summed E-state index contributed by atoms with van der Waals surface area (Å²) < 4.78 is 43.9. The quantitative estimate of drug-likeness (QED) is 0.321. The van der Waals surface area contributed by atoms with E-state index in [9.17, 15) is 22.8 Å². The average molecular weight is 624 g/mol. The van der Waals surface area contributed by atoms with Crippen LogP contribution < -0.4 is 14.9 Å². The van der Waals surface area contributed by atoms with E-state index < -0.39 is 39.1 Å². The van der Waals surface area contributed by atoms with Crippen LogP contribution in [0.5, 0.6) is 5.75 Å². The number of fused-ring (bicyclic) bond motifs is 2. The highest BCUT2D eigenvalue weighted by Crippen LogP contribution is 2.40. The van der Waals surface area contributed by atoms with Crippen LogP contribution in [-0.4, -0.2) is 69.7 Å². The summed E-state index contributed by atoms with van der Waals surface area (Å²) in [5.74, 6) is -3.07. The molecule has 1 aromatic carbocycles. The third kappa shape index (κ3) is 7.42. The third-order valence-corrected chi connectivity index (χ3v) is 10.2. The molecule has 14 heteroatoms. The lowest BCUT2D eigenvalue weighted by atomic mass is 9.88. The zero-order valence-electron chi connectivity index (χ0n) is 23.4. The van der Waals surface area contributed by atoms with Crippen molar-refractivity contribution in [2.75, 3.05) is 44.3 Å². The van der Waals surface area contributed by atoms with Gasteiger partial charge in [0.05, 0.1) is 36.1 Å². The average Bonchev–Trinajstić information content (AvgIpc) is 3.42. The fraction of sp³-hybridized carbons (Fsp3) is 0.481. The summed E-state index contributed by atoms with van der Waals surface area (Å²) in [5.41, 5.74) is 1.92. The number of anilines is 1. The number of amides is 2. The predicted octanol–water partition coefficient (Wildman–Crippen LogP) is 3.20. The molecule has 0 fully saturated rings. The summed E-state index contributed by atoms with van der Waals surface area (Å²) in [5, 5.41) is 2.84. The summed E-state index contributed by atoms with van der Waals surface area (Å²) in [6.45, 7) is 5.25. The minimum absolute atomic E-state index is 0.267. The second-order valence-electron chi connectivity index (χ2n) is 9.73. The van der Waals surface area contributed by atoms with Crippen LogP contribution in [0.3, 0.4) is 0 Å². The van der Waals surface area contributed by atoms with Crippen LogP contribution in [0.25, 0.3) is 10.2 Å². The lowest BCUT2D eigenvalue weighted by Crippen LogP contribution is -2.28. The molecule has 1 aliphatic carbocycles. The van der Waals surface area contributed by atoms with E-state index >= 15 is 0 Å². The van der Waals surface area contributed by atoms with Crippen molar-refractivity contribution in [3.05, 3.63) is 39.0 Å². The number of nitrogens with zero attached hydrogens (tertiary/aromatic N) is 2. The molecule has 0 spiro atoms. The number of esters is 1. The molecule has 0 radical (unpaired) electrons. The Hall–Kier alpha value is -3.07. The Bertz CT molecular complexity index is 1630. The number of nitrogens with one attached hydrogen (secondary N) is 1. The van der Waals surface area contributed by atoms with E-state index in [0.717, 1.165) is 33.5 Å². The highest BCUT2D eigenvalue weighted by Gasteiger charge is 2.30. The zero-order chi connectivity index (χ0) is 29.7. The number of hydrogen-bond donors (Lipinski definition) is 1. The van der Waals surface area contributed by atoms with Gasteiger partial charge in [-0.1, -0.05) is 18.3 Å². The highest BCUT2D eigenvalue weighted by molar-refractivity contribution is 7.92. The van der Waals surface area contributed by atoms with Gasteiger partial charge in [-0.3, -0.25) is 9.59 Å². The number of benzene rings is 1. The Kier molecular flexibility index (Phi) is 10.00. The first kappa shape index (κ1) is 30.9. The van der Waals surface area contributed by atoms with E-state index in [0.29, 0.717) is 42.6 Å². The second-order valence-corrected chi connectivity index (χ2v) is 13.9. The number of ether oxygens (including phenoxy) is 3. The largest absolute Gasteiger partial charge is 0.494 e. The minimum Gasteiger partial charge on any atom is -0.494 e. The van der Waals surface area contributed by atoms with E-state index in [1.54, 1.807) is 11.7 Å². The summed E-state index contributed by atoms with van der Waals surface area (Å²) in [7, 11) is -1.34. The van der Waals surface area contributed by atoms with Gasteiger partial charge in [0, 0.05) is 18.5 Å². The fourth-order valence-electron chi connectivity index (χ4n) is 4.69. The maximum absolute atomic E-state index is 12.8. The molecule has 0 bridgehead atoms. The molecule has 1 unspecified atom stereocenters. The van der Waals surface area contributed by atoms with Crippen LogP contribution in [0.15, 0.2) is 23.2 Å². The number of thiophene rings is 1. The maximum Gasteiger partial charge on any atom is 0.341 e. The minimum atomic E-state index is -4.16. The highest BCUT2D eigenvalue weighted by atomic mass is 32.2. The van der Waals surface area contributed by atoms with Crippen molar-refractivity contribution < 1.29 is 37.0 Å². The van der Waals surface area contributed by atoms with Gasteiger partial charge in [0.25, 0.3) is 5.91 Å². The Balaban J connectivity index is 1.52. The van der Waals surface area contributed by atoms with E-state index in [-0.39, 0.29) is 10.6 Å². The van der Waals surface area contributed by atoms with Crippen LogP contribution in [0.2, 0.25) is 0 Å². The van der Waals surface area contributed by atoms with Gasteiger partial charge in [-0.15, -0.1) is 11.3 Å². The molecule has 11 nitrogen and oxygen atoms in total. The summed E-state index contributed by atoms with van der Waals surface area (Å²) >= 11 is 2.49. The van der Waals surface area contributed by atoms with Crippen LogP contribution in [-0.2, 0) is 48.3 Å². The van der Waals surface area contributed by atoms with Gasteiger partial charge in [0.15, 0.2) is 14.6 Å². The van der Waals surface area contributed by atoms with Crippen LogP contribution in [0.4, 0.5) is 5.00 Å². The van der Waals surface area contributed by atoms with Crippen molar-refractivity contribution in [1.82, 2.24) is 4.57 Å². The molecule has 4 rings (SSSR count). The number of hydrogen-bond acceptors (Lipinski definition) is 10. The van der Waals surface area contributed by atoms with Gasteiger partial charge < -0.3 is 24.1 Å². The SMILES string of the molecule is CCOc1ccc2c(c1)sc(=NC(=O)CS(=O)(=O)CC(=O)Nc1sc3c(c1C(=O)OC)CCC(C)C3)n2CCOC. The number of carbonyl (C=O) groups is 3. The van der Waals surface area contributed by atoms with E-state index in [4.69, 9.17) is 14.2 Å². The first-order valence-corrected chi connectivity index (χ1v) is 16.6.